The van der Waals surface area contributed by atoms with E-state index in [0.717, 1.165) is 46.1 Å². The summed E-state index contributed by atoms with van der Waals surface area (Å²) in [5.41, 5.74) is 7.80. The zero-order chi connectivity index (χ0) is 26.3. The zero-order valence-corrected chi connectivity index (χ0v) is 22.5. The van der Waals surface area contributed by atoms with Crippen LogP contribution in [0.15, 0.2) is 49.3 Å². The van der Waals surface area contributed by atoms with Gasteiger partial charge < -0.3 is 14.4 Å². The van der Waals surface area contributed by atoms with Crippen LogP contribution in [0, 0.1) is 13.8 Å². The van der Waals surface area contributed by atoms with E-state index in [0.29, 0.717) is 18.1 Å². The number of amides is 2. The number of hydrogen-bond donors (Lipinski definition) is 0. The van der Waals surface area contributed by atoms with Gasteiger partial charge in [0.25, 0.3) is 0 Å². The van der Waals surface area contributed by atoms with Crippen molar-refractivity contribution in [3.8, 4) is 11.1 Å². The lowest BCUT2D eigenvalue weighted by Crippen LogP contribution is -2.61. The zero-order valence-electron chi connectivity index (χ0n) is 21.8. The van der Waals surface area contributed by atoms with Gasteiger partial charge >= 0.3 is 0 Å². The number of pyridine rings is 1. The first-order valence-electron chi connectivity index (χ1n) is 12.9. The van der Waals surface area contributed by atoms with Gasteiger partial charge in [-0.15, -0.1) is 0 Å². The van der Waals surface area contributed by atoms with Gasteiger partial charge in [-0.25, -0.2) is 0 Å². The summed E-state index contributed by atoms with van der Waals surface area (Å²) >= 11 is 6.56. The molecule has 0 bridgehead atoms. The number of hydrogen-bond acceptors (Lipinski definition) is 3. The van der Waals surface area contributed by atoms with Crippen LogP contribution in [0.25, 0.3) is 27.6 Å². The van der Waals surface area contributed by atoms with Crippen molar-refractivity contribution in [2.24, 2.45) is 0 Å². The van der Waals surface area contributed by atoms with E-state index in [-0.39, 0.29) is 24.4 Å². The number of likely N-dealkylation sites (tertiary alicyclic amines) is 1. The van der Waals surface area contributed by atoms with Crippen LogP contribution >= 0.6 is 11.6 Å². The molecule has 0 unspecified atom stereocenters. The Labute approximate surface area is 223 Å². The molecule has 3 heterocycles. The first-order chi connectivity index (χ1) is 17.8. The van der Waals surface area contributed by atoms with Crippen molar-refractivity contribution in [3.05, 3.63) is 71.2 Å². The quantitative estimate of drug-likeness (QED) is 0.390. The minimum absolute atomic E-state index is 0.0108. The third-order valence-electron chi connectivity index (χ3n) is 7.88. The second kappa shape index (κ2) is 10.2. The van der Waals surface area contributed by atoms with E-state index in [9.17, 15) is 9.59 Å². The number of nitrogens with zero attached hydrogens (tertiary/aromatic N) is 4. The Morgan fingerprint density at radius 1 is 1.22 bits per heavy atom. The van der Waals surface area contributed by atoms with Crippen molar-refractivity contribution in [2.75, 3.05) is 20.1 Å². The first-order valence-corrected chi connectivity index (χ1v) is 13.3. The molecule has 3 aromatic rings. The van der Waals surface area contributed by atoms with E-state index in [1.807, 2.05) is 38.5 Å². The number of rotatable bonds is 6. The number of carbonyl (C=O) groups is 2. The largest absolute Gasteiger partial charge is 0.338 e. The number of halogens is 1. The predicted octanol–water partition coefficient (Wildman–Crippen LogP) is 5.79. The SMILES string of the molecule is C=CC(=O)N1CC(N(C)C(=O)Cn2c(C)c(-c3cnccc3C3=CCCCC3)c3cc(Cl)cc(C)c32)C1. The van der Waals surface area contributed by atoms with Crippen LogP contribution in [-0.4, -0.2) is 57.3 Å². The van der Waals surface area contributed by atoms with Crippen molar-refractivity contribution in [1.29, 1.82) is 0 Å². The molecule has 7 heteroatoms. The smallest absolute Gasteiger partial charge is 0.246 e. The van der Waals surface area contributed by atoms with Crippen LogP contribution in [-0.2, 0) is 16.1 Å². The number of allylic oxidation sites excluding steroid dienone is 2. The Balaban J connectivity index is 1.55. The van der Waals surface area contributed by atoms with Crippen molar-refractivity contribution < 1.29 is 9.59 Å². The van der Waals surface area contributed by atoms with E-state index in [2.05, 4.69) is 35.2 Å². The third-order valence-corrected chi connectivity index (χ3v) is 8.10. The molecule has 0 radical (unpaired) electrons. The minimum atomic E-state index is -0.0955. The van der Waals surface area contributed by atoms with Crippen LogP contribution in [0.1, 0.15) is 42.5 Å². The van der Waals surface area contributed by atoms with Gasteiger partial charge in [0.15, 0.2) is 0 Å². The van der Waals surface area contributed by atoms with Gasteiger partial charge in [-0.3, -0.25) is 14.6 Å². The van der Waals surface area contributed by atoms with E-state index >= 15 is 0 Å². The second-order valence-corrected chi connectivity index (χ2v) is 10.6. The van der Waals surface area contributed by atoms with Gasteiger partial charge in [0, 0.05) is 59.8 Å². The molecule has 0 saturated carbocycles. The fraction of sp³-hybridized carbons (Fsp3) is 0.367. The van der Waals surface area contributed by atoms with Crippen molar-refractivity contribution in [1.82, 2.24) is 19.4 Å². The lowest BCUT2D eigenvalue weighted by Gasteiger charge is -2.43. The number of likely N-dealkylation sites (N-methyl/N-ethyl adjacent to an activating group) is 1. The van der Waals surface area contributed by atoms with Gasteiger partial charge in [0.2, 0.25) is 11.8 Å². The van der Waals surface area contributed by atoms with Crippen LogP contribution in [0.5, 0.6) is 0 Å². The van der Waals surface area contributed by atoms with E-state index < -0.39 is 0 Å². The predicted molar refractivity (Wildman–Crippen MR) is 149 cm³/mol. The average Bonchev–Trinajstić information content (AvgIpc) is 3.14. The van der Waals surface area contributed by atoms with Gasteiger partial charge in [-0.1, -0.05) is 24.3 Å². The summed E-state index contributed by atoms with van der Waals surface area (Å²) in [6, 6.07) is 6.08. The Hall–Kier alpha value is -3.38. The fourth-order valence-corrected chi connectivity index (χ4v) is 6.01. The number of aromatic nitrogens is 2. The molecule has 2 aliphatic rings. The highest BCUT2D eigenvalue weighted by Crippen LogP contribution is 2.42. The molecule has 5 rings (SSSR count). The van der Waals surface area contributed by atoms with Crippen LogP contribution in [0.4, 0.5) is 0 Å². The summed E-state index contributed by atoms with van der Waals surface area (Å²) in [5.74, 6) is -0.0835. The van der Waals surface area contributed by atoms with Crippen LogP contribution in [0.2, 0.25) is 5.02 Å². The van der Waals surface area contributed by atoms with E-state index in [1.54, 1.807) is 9.80 Å². The molecule has 37 heavy (non-hydrogen) atoms. The maximum Gasteiger partial charge on any atom is 0.246 e. The third kappa shape index (κ3) is 4.59. The van der Waals surface area contributed by atoms with E-state index in [1.165, 1.54) is 30.1 Å². The lowest BCUT2D eigenvalue weighted by atomic mass is 9.88. The Morgan fingerprint density at radius 2 is 2.00 bits per heavy atom. The molecule has 0 spiro atoms. The topological polar surface area (TPSA) is 58.4 Å². The van der Waals surface area contributed by atoms with Crippen molar-refractivity contribution in [2.45, 2.75) is 52.1 Å². The van der Waals surface area contributed by atoms with Crippen molar-refractivity contribution >= 4 is 39.9 Å². The molecule has 2 amide bonds. The highest BCUT2D eigenvalue weighted by atomic mass is 35.5. The maximum atomic E-state index is 13.5. The summed E-state index contributed by atoms with van der Waals surface area (Å²) in [7, 11) is 1.82. The molecule has 192 valence electrons. The molecular formula is C30H33ClN4O2. The van der Waals surface area contributed by atoms with Crippen LogP contribution < -0.4 is 0 Å². The summed E-state index contributed by atoms with van der Waals surface area (Å²) in [6.45, 7) is 8.95. The number of fused-ring (bicyclic) bond motifs is 1. The number of carbonyl (C=O) groups excluding carboxylic acids is 2. The molecule has 6 nitrogen and oxygen atoms in total. The maximum absolute atomic E-state index is 13.5. The number of benzene rings is 1. The molecule has 0 atom stereocenters. The Kier molecular flexibility index (Phi) is 6.95. The Morgan fingerprint density at radius 3 is 2.70 bits per heavy atom. The normalized spacial score (nSPS) is 15.9. The monoisotopic (exact) mass is 516 g/mol. The molecule has 0 N–H and O–H groups in total. The van der Waals surface area contributed by atoms with Crippen LogP contribution in [0.3, 0.4) is 0 Å². The minimum Gasteiger partial charge on any atom is -0.338 e. The van der Waals surface area contributed by atoms with Crippen molar-refractivity contribution in [3.63, 3.8) is 0 Å². The summed E-state index contributed by atoms with van der Waals surface area (Å²) in [5, 5.41) is 1.71. The molecule has 1 aliphatic heterocycles. The molecule has 1 aliphatic carbocycles. The van der Waals surface area contributed by atoms with Gasteiger partial charge in [0.05, 0.1) is 11.6 Å². The van der Waals surface area contributed by atoms with E-state index in [4.69, 9.17) is 11.6 Å². The molecule has 1 fully saturated rings. The molecule has 1 aromatic carbocycles. The first kappa shape index (κ1) is 25.3. The standard InChI is InChI=1S/C30H33ClN4O2/c1-5-27(36)34-16-23(17-34)33(4)28(37)18-35-20(3)29(25-14-22(31)13-19(2)30(25)35)26-15-32-12-11-24(26)21-9-7-6-8-10-21/h5,9,11-15,23H,1,6-8,10,16-18H2,2-4H3. The number of aryl methyl sites for hydroxylation is 1. The lowest BCUT2D eigenvalue weighted by molar-refractivity contribution is -0.142. The molecule has 1 saturated heterocycles. The average molecular weight is 517 g/mol. The van der Waals surface area contributed by atoms with Gasteiger partial charge in [-0.05, 0) is 80.5 Å². The Bertz CT molecular complexity index is 1430. The van der Waals surface area contributed by atoms with Gasteiger partial charge in [0.1, 0.15) is 6.54 Å². The summed E-state index contributed by atoms with van der Waals surface area (Å²) < 4.78 is 2.12. The highest BCUT2D eigenvalue weighted by molar-refractivity contribution is 6.31. The molecule has 2 aromatic heterocycles. The highest BCUT2D eigenvalue weighted by Gasteiger charge is 2.34. The summed E-state index contributed by atoms with van der Waals surface area (Å²) in [6.07, 6.45) is 12.1. The van der Waals surface area contributed by atoms with Gasteiger partial charge in [-0.2, -0.15) is 0 Å². The summed E-state index contributed by atoms with van der Waals surface area (Å²) in [4.78, 5) is 33.3. The fourth-order valence-electron chi connectivity index (χ4n) is 5.74. The molecular weight excluding hydrogens is 484 g/mol. The second-order valence-electron chi connectivity index (χ2n) is 10.2.